The van der Waals surface area contributed by atoms with E-state index in [1.165, 1.54) is 0 Å². The van der Waals surface area contributed by atoms with Gasteiger partial charge in [0, 0.05) is 18.9 Å². The molecule has 2 aliphatic rings. The summed E-state index contributed by atoms with van der Waals surface area (Å²) in [5, 5.41) is 3.39. The van der Waals surface area contributed by atoms with Crippen LogP contribution >= 0.6 is 0 Å². The fourth-order valence-electron chi connectivity index (χ4n) is 3.10. The van der Waals surface area contributed by atoms with Crippen molar-refractivity contribution in [2.75, 3.05) is 18.5 Å². The Morgan fingerprint density at radius 3 is 2.60 bits per heavy atom. The summed E-state index contributed by atoms with van der Waals surface area (Å²) in [5.41, 5.74) is 1.72. The Bertz CT molecular complexity index is 561. The van der Waals surface area contributed by atoms with Gasteiger partial charge in [0.05, 0.1) is 13.2 Å². The van der Waals surface area contributed by atoms with E-state index in [4.69, 9.17) is 13.9 Å². The summed E-state index contributed by atoms with van der Waals surface area (Å²) < 4.78 is 17.2. The summed E-state index contributed by atoms with van der Waals surface area (Å²) in [7, 11) is 0. The summed E-state index contributed by atoms with van der Waals surface area (Å²) in [6.45, 7) is 1.45. The Morgan fingerprint density at radius 2 is 1.85 bits per heavy atom. The smallest absolute Gasteiger partial charge is 0.295 e. The number of benzene rings is 1. The van der Waals surface area contributed by atoms with Crippen molar-refractivity contribution in [1.82, 2.24) is 4.98 Å². The zero-order valence-corrected chi connectivity index (χ0v) is 11.3. The van der Waals surface area contributed by atoms with Crippen LogP contribution < -0.4 is 5.32 Å². The Kier molecular flexibility index (Phi) is 2.89. The van der Waals surface area contributed by atoms with E-state index in [0.29, 0.717) is 12.1 Å². The molecule has 0 bridgehead atoms. The Morgan fingerprint density at radius 1 is 1.10 bits per heavy atom. The molecule has 1 aromatic carbocycles. The molecule has 4 rings (SSSR count). The third-order valence-electron chi connectivity index (χ3n) is 4.18. The Hall–Kier alpha value is -1.59. The highest BCUT2D eigenvalue weighted by Gasteiger charge is 2.40. The van der Waals surface area contributed by atoms with Gasteiger partial charge in [-0.2, -0.15) is 4.98 Å². The lowest BCUT2D eigenvalue weighted by molar-refractivity contribution is -0.177. The molecule has 0 amide bonds. The maximum Gasteiger partial charge on any atom is 0.295 e. The number of hydrogen-bond acceptors (Lipinski definition) is 5. The van der Waals surface area contributed by atoms with Crippen LogP contribution in [0.2, 0.25) is 0 Å². The number of rotatable bonds is 2. The monoisotopic (exact) mass is 274 g/mol. The van der Waals surface area contributed by atoms with Gasteiger partial charge < -0.3 is 19.2 Å². The molecule has 1 aliphatic heterocycles. The largest absolute Gasteiger partial charge is 0.424 e. The fourth-order valence-corrected chi connectivity index (χ4v) is 3.10. The number of hydrogen-bond donors (Lipinski definition) is 1. The lowest BCUT2D eigenvalue weighted by atomic mass is 9.90. The van der Waals surface area contributed by atoms with E-state index in [2.05, 4.69) is 10.3 Å². The number of para-hydroxylation sites is 2. The second-order valence-corrected chi connectivity index (χ2v) is 5.51. The molecule has 1 N–H and O–H groups in total. The molecule has 2 aromatic rings. The minimum Gasteiger partial charge on any atom is -0.424 e. The number of nitrogens with zero attached hydrogens (tertiary/aromatic N) is 1. The Labute approximate surface area is 117 Å². The first-order valence-electron chi connectivity index (χ1n) is 7.23. The highest BCUT2D eigenvalue weighted by molar-refractivity contribution is 5.74. The van der Waals surface area contributed by atoms with Crippen molar-refractivity contribution in [2.24, 2.45) is 0 Å². The van der Waals surface area contributed by atoms with Gasteiger partial charge in [-0.15, -0.1) is 0 Å². The van der Waals surface area contributed by atoms with Gasteiger partial charge in [-0.1, -0.05) is 12.1 Å². The Balaban J connectivity index is 1.42. The van der Waals surface area contributed by atoms with E-state index in [0.717, 1.165) is 50.0 Å². The molecular weight excluding hydrogens is 256 g/mol. The van der Waals surface area contributed by atoms with Crippen LogP contribution in [-0.4, -0.2) is 30.0 Å². The van der Waals surface area contributed by atoms with Crippen LogP contribution in [0.1, 0.15) is 25.7 Å². The van der Waals surface area contributed by atoms with Crippen LogP contribution in [0.3, 0.4) is 0 Å². The van der Waals surface area contributed by atoms with Gasteiger partial charge in [0.15, 0.2) is 11.4 Å². The summed E-state index contributed by atoms with van der Waals surface area (Å²) in [4.78, 5) is 4.46. The second kappa shape index (κ2) is 4.75. The van der Waals surface area contributed by atoms with Crippen LogP contribution in [-0.2, 0) is 9.47 Å². The lowest BCUT2D eigenvalue weighted by Crippen LogP contribution is -2.39. The second-order valence-electron chi connectivity index (χ2n) is 5.51. The van der Waals surface area contributed by atoms with Gasteiger partial charge in [-0.3, -0.25) is 0 Å². The molecule has 1 saturated heterocycles. The number of ether oxygens (including phenoxy) is 2. The first kappa shape index (κ1) is 12.2. The fraction of sp³-hybridized carbons (Fsp3) is 0.533. The normalized spacial score (nSPS) is 22.6. The van der Waals surface area contributed by atoms with Gasteiger partial charge in [-0.05, 0) is 25.0 Å². The van der Waals surface area contributed by atoms with E-state index >= 15 is 0 Å². The summed E-state index contributed by atoms with van der Waals surface area (Å²) >= 11 is 0. The summed E-state index contributed by atoms with van der Waals surface area (Å²) in [6, 6.07) is 8.80. The number of anilines is 1. The van der Waals surface area contributed by atoms with Gasteiger partial charge in [-0.25, -0.2) is 0 Å². The van der Waals surface area contributed by atoms with E-state index in [9.17, 15) is 0 Å². The molecule has 2 fully saturated rings. The van der Waals surface area contributed by atoms with Gasteiger partial charge >= 0.3 is 0 Å². The number of oxazole rings is 1. The van der Waals surface area contributed by atoms with Crippen LogP contribution in [0.5, 0.6) is 0 Å². The zero-order valence-electron chi connectivity index (χ0n) is 11.3. The van der Waals surface area contributed by atoms with Crippen LogP contribution in [0.15, 0.2) is 28.7 Å². The van der Waals surface area contributed by atoms with E-state index in [1.54, 1.807) is 0 Å². The van der Waals surface area contributed by atoms with Crippen molar-refractivity contribution in [3.05, 3.63) is 24.3 Å². The minimum atomic E-state index is -0.306. The molecule has 2 heterocycles. The quantitative estimate of drug-likeness (QED) is 0.912. The highest BCUT2D eigenvalue weighted by Crippen LogP contribution is 2.36. The van der Waals surface area contributed by atoms with Crippen molar-refractivity contribution in [3.8, 4) is 0 Å². The topological polar surface area (TPSA) is 56.5 Å². The predicted octanol–water partition coefficient (Wildman–Crippen LogP) is 2.93. The van der Waals surface area contributed by atoms with Crippen molar-refractivity contribution in [3.63, 3.8) is 0 Å². The van der Waals surface area contributed by atoms with E-state index in [1.807, 2.05) is 24.3 Å². The zero-order chi connectivity index (χ0) is 13.4. The van der Waals surface area contributed by atoms with Gasteiger partial charge in [0.1, 0.15) is 5.52 Å². The summed E-state index contributed by atoms with van der Waals surface area (Å²) in [6.07, 6.45) is 3.90. The molecule has 1 saturated carbocycles. The first-order chi connectivity index (χ1) is 9.83. The molecule has 5 nitrogen and oxygen atoms in total. The molecule has 1 aliphatic carbocycles. The molecule has 106 valence electrons. The summed E-state index contributed by atoms with van der Waals surface area (Å²) in [5.74, 6) is -0.306. The molecule has 0 atom stereocenters. The van der Waals surface area contributed by atoms with Crippen LogP contribution in [0.25, 0.3) is 11.1 Å². The molecule has 1 aromatic heterocycles. The average Bonchev–Trinajstić information content (AvgIpc) is 3.08. The maximum absolute atomic E-state index is 5.74. The van der Waals surface area contributed by atoms with Gasteiger partial charge in [0.25, 0.3) is 6.01 Å². The average molecular weight is 274 g/mol. The van der Waals surface area contributed by atoms with Gasteiger partial charge in [0.2, 0.25) is 0 Å². The van der Waals surface area contributed by atoms with E-state index < -0.39 is 0 Å². The molecule has 20 heavy (non-hydrogen) atoms. The lowest BCUT2D eigenvalue weighted by Gasteiger charge is -2.35. The van der Waals surface area contributed by atoms with Crippen molar-refractivity contribution >= 4 is 17.1 Å². The predicted molar refractivity (Wildman–Crippen MR) is 74.5 cm³/mol. The highest BCUT2D eigenvalue weighted by atomic mass is 16.7. The molecule has 5 heteroatoms. The first-order valence-corrected chi connectivity index (χ1v) is 7.23. The van der Waals surface area contributed by atoms with Crippen LogP contribution in [0, 0.1) is 0 Å². The van der Waals surface area contributed by atoms with E-state index in [-0.39, 0.29) is 5.79 Å². The third kappa shape index (κ3) is 2.17. The molecule has 1 spiro atoms. The SMILES string of the molecule is c1ccc2oc(NC3CCC4(CC3)OCCO4)nc2c1. The van der Waals surface area contributed by atoms with Crippen LogP contribution in [0.4, 0.5) is 6.01 Å². The number of aromatic nitrogens is 1. The molecule has 0 unspecified atom stereocenters. The standard InChI is InChI=1S/C15H18N2O3/c1-2-4-13-12(3-1)17-14(20-13)16-11-5-7-15(8-6-11)18-9-10-19-15/h1-4,11H,5-10H2,(H,16,17). The van der Waals surface area contributed by atoms with Crippen molar-refractivity contribution in [1.29, 1.82) is 0 Å². The molecule has 0 radical (unpaired) electrons. The number of nitrogens with one attached hydrogen (secondary N) is 1. The van der Waals surface area contributed by atoms with Crippen molar-refractivity contribution < 1.29 is 13.9 Å². The molecular formula is C15H18N2O3. The minimum absolute atomic E-state index is 0.306. The maximum atomic E-state index is 5.74. The third-order valence-corrected chi connectivity index (χ3v) is 4.18. The van der Waals surface area contributed by atoms with Crippen molar-refractivity contribution in [2.45, 2.75) is 37.5 Å². The number of fused-ring (bicyclic) bond motifs is 1.